The van der Waals surface area contributed by atoms with E-state index in [0.29, 0.717) is 17.2 Å². The SMILES string of the molecule is CC[NH+]1CCC(NC(=O)Nc2ccc(OC)cc2OC)CC1. The monoisotopic (exact) mass is 308 g/mol. The largest absolute Gasteiger partial charge is 0.497 e. The summed E-state index contributed by atoms with van der Waals surface area (Å²) in [5.74, 6) is 1.28. The molecule has 1 aromatic carbocycles. The van der Waals surface area contributed by atoms with E-state index < -0.39 is 0 Å². The molecular weight excluding hydrogens is 282 g/mol. The molecule has 1 fully saturated rings. The van der Waals surface area contributed by atoms with Crippen LogP contribution in [0, 0.1) is 0 Å². The Hall–Kier alpha value is -1.95. The van der Waals surface area contributed by atoms with Crippen LogP contribution < -0.4 is 25.0 Å². The minimum absolute atomic E-state index is 0.187. The fourth-order valence-electron chi connectivity index (χ4n) is 2.77. The average Bonchev–Trinajstić information content (AvgIpc) is 2.55. The molecule has 1 saturated heterocycles. The van der Waals surface area contributed by atoms with Gasteiger partial charge in [0.1, 0.15) is 11.5 Å². The van der Waals surface area contributed by atoms with Gasteiger partial charge in [0.2, 0.25) is 0 Å². The third-order valence-electron chi connectivity index (χ3n) is 4.18. The van der Waals surface area contributed by atoms with Crippen LogP contribution >= 0.6 is 0 Å². The molecule has 0 bridgehead atoms. The number of anilines is 1. The van der Waals surface area contributed by atoms with Gasteiger partial charge >= 0.3 is 6.03 Å². The van der Waals surface area contributed by atoms with Crippen LogP contribution in [0.5, 0.6) is 11.5 Å². The van der Waals surface area contributed by atoms with Crippen LogP contribution in [-0.2, 0) is 0 Å². The maximum absolute atomic E-state index is 12.1. The molecule has 0 aromatic heterocycles. The van der Waals surface area contributed by atoms with Crippen molar-refractivity contribution in [1.29, 1.82) is 0 Å². The van der Waals surface area contributed by atoms with Crippen molar-refractivity contribution < 1.29 is 19.2 Å². The van der Waals surface area contributed by atoms with Gasteiger partial charge in [-0.1, -0.05) is 0 Å². The summed E-state index contributed by atoms with van der Waals surface area (Å²) in [6.45, 7) is 5.59. The topological polar surface area (TPSA) is 64.0 Å². The van der Waals surface area contributed by atoms with Crippen LogP contribution in [0.15, 0.2) is 18.2 Å². The van der Waals surface area contributed by atoms with E-state index in [0.717, 1.165) is 32.5 Å². The number of hydrogen-bond acceptors (Lipinski definition) is 3. The smallest absolute Gasteiger partial charge is 0.319 e. The van der Waals surface area contributed by atoms with E-state index in [9.17, 15) is 4.79 Å². The average molecular weight is 308 g/mol. The molecule has 22 heavy (non-hydrogen) atoms. The second kappa shape index (κ2) is 7.89. The molecule has 6 nitrogen and oxygen atoms in total. The highest BCUT2D eigenvalue weighted by atomic mass is 16.5. The lowest BCUT2D eigenvalue weighted by atomic mass is 10.1. The minimum atomic E-state index is -0.187. The highest BCUT2D eigenvalue weighted by Crippen LogP contribution is 2.28. The number of amides is 2. The molecule has 0 unspecified atom stereocenters. The quantitative estimate of drug-likeness (QED) is 0.757. The molecule has 0 spiro atoms. The first-order valence-corrected chi connectivity index (χ1v) is 7.79. The first-order chi connectivity index (χ1) is 10.7. The molecule has 2 rings (SSSR count). The van der Waals surface area contributed by atoms with E-state index in [2.05, 4.69) is 17.6 Å². The highest BCUT2D eigenvalue weighted by Gasteiger charge is 2.22. The summed E-state index contributed by atoms with van der Waals surface area (Å²) in [7, 11) is 3.17. The fourth-order valence-corrected chi connectivity index (χ4v) is 2.77. The summed E-state index contributed by atoms with van der Waals surface area (Å²) < 4.78 is 10.4. The van der Waals surface area contributed by atoms with Gasteiger partial charge in [0.05, 0.1) is 39.5 Å². The number of carbonyl (C=O) groups is 1. The summed E-state index contributed by atoms with van der Waals surface area (Å²) in [6, 6.07) is 5.38. The van der Waals surface area contributed by atoms with Gasteiger partial charge in [-0.25, -0.2) is 4.79 Å². The van der Waals surface area contributed by atoms with Crippen molar-refractivity contribution in [1.82, 2.24) is 5.32 Å². The van der Waals surface area contributed by atoms with Crippen molar-refractivity contribution in [2.45, 2.75) is 25.8 Å². The number of carbonyl (C=O) groups excluding carboxylic acids is 1. The lowest BCUT2D eigenvalue weighted by Gasteiger charge is -2.29. The van der Waals surface area contributed by atoms with Crippen molar-refractivity contribution >= 4 is 11.7 Å². The standard InChI is InChI=1S/C16H25N3O3/c1-4-19-9-7-12(8-10-19)17-16(20)18-14-6-5-13(21-2)11-15(14)22-3/h5-6,11-12H,4,7-10H2,1-3H3,(H2,17,18,20)/p+1. The zero-order valence-electron chi connectivity index (χ0n) is 13.6. The molecule has 0 atom stereocenters. The third-order valence-corrected chi connectivity index (χ3v) is 4.18. The van der Waals surface area contributed by atoms with Crippen LogP contribution in [0.25, 0.3) is 0 Å². The second-order valence-electron chi connectivity index (χ2n) is 5.54. The van der Waals surface area contributed by atoms with Crippen molar-refractivity contribution in [3.8, 4) is 11.5 Å². The molecule has 1 aliphatic rings. The van der Waals surface area contributed by atoms with Crippen LogP contribution in [0.1, 0.15) is 19.8 Å². The molecule has 3 N–H and O–H groups in total. The van der Waals surface area contributed by atoms with E-state index in [1.54, 1.807) is 37.3 Å². The van der Waals surface area contributed by atoms with Crippen molar-refractivity contribution in [2.75, 3.05) is 39.2 Å². The molecule has 0 aliphatic carbocycles. The predicted molar refractivity (Wildman–Crippen MR) is 86.0 cm³/mol. The van der Waals surface area contributed by atoms with Gasteiger partial charge in [0, 0.05) is 24.9 Å². The molecule has 2 amide bonds. The molecule has 122 valence electrons. The van der Waals surface area contributed by atoms with E-state index in [1.807, 2.05) is 0 Å². The number of piperidine rings is 1. The number of benzene rings is 1. The zero-order valence-corrected chi connectivity index (χ0v) is 13.6. The first-order valence-electron chi connectivity index (χ1n) is 7.79. The molecule has 6 heteroatoms. The van der Waals surface area contributed by atoms with Crippen LogP contribution in [0.3, 0.4) is 0 Å². The Morgan fingerprint density at radius 3 is 2.59 bits per heavy atom. The zero-order chi connectivity index (χ0) is 15.9. The Kier molecular flexibility index (Phi) is 5.89. The summed E-state index contributed by atoms with van der Waals surface area (Å²) in [5, 5.41) is 5.89. The number of ether oxygens (including phenoxy) is 2. The maximum atomic E-state index is 12.1. The Morgan fingerprint density at radius 2 is 2.00 bits per heavy atom. The van der Waals surface area contributed by atoms with Gasteiger partial charge in [0.15, 0.2) is 0 Å². The third kappa shape index (κ3) is 4.27. The van der Waals surface area contributed by atoms with Gasteiger partial charge < -0.3 is 25.0 Å². The predicted octanol–water partition coefficient (Wildman–Crippen LogP) is 0.893. The summed E-state index contributed by atoms with van der Waals surface area (Å²) in [5.41, 5.74) is 0.636. The van der Waals surface area contributed by atoms with Crippen molar-refractivity contribution in [2.24, 2.45) is 0 Å². The molecule has 1 aromatic rings. The molecular formula is C16H26N3O3+. The Morgan fingerprint density at radius 1 is 1.27 bits per heavy atom. The number of nitrogens with one attached hydrogen (secondary N) is 3. The van der Waals surface area contributed by atoms with Crippen LogP contribution in [0.2, 0.25) is 0 Å². The summed E-state index contributed by atoms with van der Waals surface area (Å²) in [6.07, 6.45) is 2.05. The minimum Gasteiger partial charge on any atom is -0.497 e. The molecule has 1 heterocycles. The maximum Gasteiger partial charge on any atom is 0.319 e. The normalized spacial score (nSPS) is 21.0. The first kappa shape index (κ1) is 16.4. The fraction of sp³-hybridized carbons (Fsp3) is 0.562. The van der Waals surface area contributed by atoms with E-state index in [-0.39, 0.29) is 12.1 Å². The van der Waals surface area contributed by atoms with E-state index >= 15 is 0 Å². The summed E-state index contributed by atoms with van der Waals surface area (Å²) >= 11 is 0. The van der Waals surface area contributed by atoms with Gasteiger partial charge in [-0.15, -0.1) is 0 Å². The lowest BCUT2D eigenvalue weighted by Crippen LogP contribution is -3.13. The number of likely N-dealkylation sites (tertiary alicyclic amines) is 1. The number of quaternary nitrogens is 1. The number of methoxy groups -OCH3 is 2. The van der Waals surface area contributed by atoms with Crippen LogP contribution in [-0.4, -0.2) is 45.9 Å². The Labute approximate surface area is 131 Å². The molecule has 0 radical (unpaired) electrons. The second-order valence-corrected chi connectivity index (χ2v) is 5.54. The Bertz CT molecular complexity index is 499. The molecule has 0 saturated carbocycles. The Balaban J connectivity index is 1.89. The van der Waals surface area contributed by atoms with Crippen molar-refractivity contribution in [3.63, 3.8) is 0 Å². The lowest BCUT2D eigenvalue weighted by molar-refractivity contribution is -0.903. The number of rotatable bonds is 5. The molecule has 1 aliphatic heterocycles. The van der Waals surface area contributed by atoms with Gasteiger partial charge in [0.25, 0.3) is 0 Å². The number of urea groups is 1. The summed E-state index contributed by atoms with van der Waals surface area (Å²) in [4.78, 5) is 13.7. The highest BCUT2D eigenvalue weighted by molar-refractivity contribution is 5.91. The van der Waals surface area contributed by atoms with E-state index in [1.165, 1.54) is 0 Å². The van der Waals surface area contributed by atoms with Crippen LogP contribution in [0.4, 0.5) is 10.5 Å². The van der Waals surface area contributed by atoms with Crippen molar-refractivity contribution in [3.05, 3.63) is 18.2 Å². The van der Waals surface area contributed by atoms with E-state index in [4.69, 9.17) is 9.47 Å². The van der Waals surface area contributed by atoms with Gasteiger partial charge in [-0.3, -0.25) is 0 Å². The van der Waals surface area contributed by atoms with Gasteiger partial charge in [-0.05, 0) is 19.1 Å². The number of hydrogen-bond donors (Lipinski definition) is 3. The van der Waals surface area contributed by atoms with Gasteiger partial charge in [-0.2, -0.15) is 0 Å².